The summed E-state index contributed by atoms with van der Waals surface area (Å²) in [7, 11) is 0. The SMILES string of the molecule is CCCNc1nc(CC(C)C)cc(C(F)(F)F)n1. The lowest BCUT2D eigenvalue weighted by Crippen LogP contribution is -2.14. The summed E-state index contributed by atoms with van der Waals surface area (Å²) in [5, 5.41) is 2.80. The molecular formula is C12H18F3N3. The molecule has 1 aromatic rings. The lowest BCUT2D eigenvalue weighted by molar-refractivity contribution is -0.141. The van der Waals surface area contributed by atoms with Gasteiger partial charge in [-0.25, -0.2) is 9.97 Å². The Morgan fingerprint density at radius 1 is 1.28 bits per heavy atom. The summed E-state index contributed by atoms with van der Waals surface area (Å²) in [6.45, 7) is 6.36. The molecule has 0 spiro atoms. The summed E-state index contributed by atoms with van der Waals surface area (Å²) < 4.78 is 38.1. The molecule has 0 saturated heterocycles. The van der Waals surface area contributed by atoms with E-state index in [-0.39, 0.29) is 11.9 Å². The van der Waals surface area contributed by atoms with Gasteiger partial charge in [-0.05, 0) is 24.8 Å². The summed E-state index contributed by atoms with van der Waals surface area (Å²) in [6, 6.07) is 1.02. The predicted octanol–water partition coefficient (Wildman–Crippen LogP) is 3.52. The van der Waals surface area contributed by atoms with E-state index in [1.807, 2.05) is 20.8 Å². The van der Waals surface area contributed by atoms with Crippen molar-refractivity contribution in [1.29, 1.82) is 0 Å². The number of aromatic nitrogens is 2. The van der Waals surface area contributed by atoms with Crippen LogP contribution in [0.4, 0.5) is 19.1 Å². The monoisotopic (exact) mass is 261 g/mol. The molecule has 1 N–H and O–H groups in total. The minimum Gasteiger partial charge on any atom is -0.354 e. The molecular weight excluding hydrogens is 243 g/mol. The first-order chi connectivity index (χ1) is 8.32. The van der Waals surface area contributed by atoms with E-state index < -0.39 is 11.9 Å². The third-order valence-electron chi connectivity index (χ3n) is 2.22. The number of halogens is 3. The number of hydrogen-bond acceptors (Lipinski definition) is 3. The molecule has 0 saturated carbocycles. The maximum absolute atomic E-state index is 12.7. The number of hydrogen-bond donors (Lipinski definition) is 1. The van der Waals surface area contributed by atoms with Gasteiger partial charge in [-0.15, -0.1) is 0 Å². The Bertz CT molecular complexity index is 389. The van der Waals surface area contributed by atoms with Crippen LogP contribution in [0.15, 0.2) is 6.07 Å². The molecule has 6 heteroatoms. The molecule has 102 valence electrons. The van der Waals surface area contributed by atoms with Gasteiger partial charge in [0, 0.05) is 12.2 Å². The Labute approximate surface area is 105 Å². The van der Waals surface area contributed by atoms with Crippen molar-refractivity contribution < 1.29 is 13.2 Å². The second-order valence-electron chi connectivity index (χ2n) is 4.59. The Hall–Kier alpha value is -1.33. The van der Waals surface area contributed by atoms with Crippen molar-refractivity contribution in [3.8, 4) is 0 Å². The fourth-order valence-corrected chi connectivity index (χ4v) is 1.48. The van der Waals surface area contributed by atoms with E-state index in [2.05, 4.69) is 15.3 Å². The predicted molar refractivity (Wildman–Crippen MR) is 64.4 cm³/mol. The molecule has 0 atom stereocenters. The number of rotatable bonds is 5. The molecule has 0 aliphatic heterocycles. The quantitative estimate of drug-likeness (QED) is 0.881. The molecule has 1 heterocycles. The van der Waals surface area contributed by atoms with E-state index in [0.29, 0.717) is 18.7 Å². The van der Waals surface area contributed by atoms with Gasteiger partial charge in [-0.3, -0.25) is 0 Å². The highest BCUT2D eigenvalue weighted by Gasteiger charge is 2.33. The van der Waals surface area contributed by atoms with Gasteiger partial charge in [0.15, 0.2) is 0 Å². The summed E-state index contributed by atoms with van der Waals surface area (Å²) in [6.07, 6.45) is -3.12. The van der Waals surface area contributed by atoms with Crippen molar-refractivity contribution in [3.63, 3.8) is 0 Å². The van der Waals surface area contributed by atoms with Gasteiger partial charge in [-0.1, -0.05) is 20.8 Å². The zero-order chi connectivity index (χ0) is 13.8. The largest absolute Gasteiger partial charge is 0.433 e. The Morgan fingerprint density at radius 3 is 2.44 bits per heavy atom. The standard InChI is InChI=1S/C12H18F3N3/c1-4-5-16-11-17-9(6-8(2)3)7-10(18-11)12(13,14)15/h7-8H,4-6H2,1-3H3,(H,16,17,18). The van der Waals surface area contributed by atoms with Crippen LogP contribution in [-0.4, -0.2) is 16.5 Å². The zero-order valence-electron chi connectivity index (χ0n) is 10.8. The smallest absolute Gasteiger partial charge is 0.354 e. The highest BCUT2D eigenvalue weighted by Crippen LogP contribution is 2.29. The first-order valence-electron chi connectivity index (χ1n) is 6.02. The zero-order valence-corrected chi connectivity index (χ0v) is 10.8. The van der Waals surface area contributed by atoms with E-state index in [9.17, 15) is 13.2 Å². The van der Waals surface area contributed by atoms with E-state index in [0.717, 1.165) is 12.5 Å². The highest BCUT2D eigenvalue weighted by atomic mass is 19.4. The molecule has 0 bridgehead atoms. The van der Waals surface area contributed by atoms with Crippen LogP contribution in [0.25, 0.3) is 0 Å². The second-order valence-corrected chi connectivity index (χ2v) is 4.59. The maximum Gasteiger partial charge on any atom is 0.433 e. The summed E-state index contributed by atoms with van der Waals surface area (Å²) in [5.74, 6) is 0.308. The van der Waals surface area contributed by atoms with Crippen LogP contribution in [0.3, 0.4) is 0 Å². The average molecular weight is 261 g/mol. The normalized spacial score (nSPS) is 11.9. The third-order valence-corrected chi connectivity index (χ3v) is 2.22. The summed E-state index contributed by atoms with van der Waals surface area (Å²) >= 11 is 0. The number of anilines is 1. The topological polar surface area (TPSA) is 37.8 Å². The fourth-order valence-electron chi connectivity index (χ4n) is 1.48. The van der Waals surface area contributed by atoms with Crippen LogP contribution in [0, 0.1) is 5.92 Å². The molecule has 0 unspecified atom stereocenters. The first-order valence-corrected chi connectivity index (χ1v) is 6.02. The van der Waals surface area contributed by atoms with Gasteiger partial charge < -0.3 is 5.32 Å². The van der Waals surface area contributed by atoms with Crippen molar-refractivity contribution in [1.82, 2.24) is 9.97 Å². The number of alkyl halides is 3. The maximum atomic E-state index is 12.7. The van der Waals surface area contributed by atoms with Crippen LogP contribution in [0.2, 0.25) is 0 Å². The summed E-state index contributed by atoms with van der Waals surface area (Å²) in [5.41, 5.74) is -0.460. The van der Waals surface area contributed by atoms with Crippen molar-refractivity contribution in [2.75, 3.05) is 11.9 Å². The molecule has 0 radical (unpaired) electrons. The van der Waals surface area contributed by atoms with E-state index >= 15 is 0 Å². The minimum absolute atomic E-state index is 0.0577. The molecule has 3 nitrogen and oxygen atoms in total. The molecule has 0 amide bonds. The summed E-state index contributed by atoms with van der Waals surface area (Å²) in [4.78, 5) is 7.60. The lowest BCUT2D eigenvalue weighted by atomic mass is 10.1. The molecule has 0 fully saturated rings. The molecule has 0 aliphatic rings. The Morgan fingerprint density at radius 2 is 1.94 bits per heavy atom. The van der Waals surface area contributed by atoms with Gasteiger partial charge in [-0.2, -0.15) is 13.2 Å². The molecule has 0 aromatic carbocycles. The lowest BCUT2D eigenvalue weighted by Gasteiger charge is -2.12. The minimum atomic E-state index is -4.43. The first kappa shape index (κ1) is 14.7. The molecule has 0 aliphatic carbocycles. The van der Waals surface area contributed by atoms with Gasteiger partial charge >= 0.3 is 6.18 Å². The molecule has 18 heavy (non-hydrogen) atoms. The van der Waals surface area contributed by atoms with Crippen LogP contribution in [-0.2, 0) is 12.6 Å². The van der Waals surface area contributed by atoms with Crippen molar-refractivity contribution in [3.05, 3.63) is 17.5 Å². The van der Waals surface area contributed by atoms with Gasteiger partial charge in [0.05, 0.1) is 0 Å². The third kappa shape index (κ3) is 4.50. The van der Waals surface area contributed by atoms with Crippen LogP contribution in [0.5, 0.6) is 0 Å². The van der Waals surface area contributed by atoms with Crippen LogP contribution in [0.1, 0.15) is 38.6 Å². The number of nitrogens with one attached hydrogen (secondary N) is 1. The van der Waals surface area contributed by atoms with Crippen molar-refractivity contribution in [2.45, 2.75) is 39.8 Å². The van der Waals surface area contributed by atoms with Gasteiger partial charge in [0.2, 0.25) is 5.95 Å². The second kappa shape index (κ2) is 6.02. The highest BCUT2D eigenvalue weighted by molar-refractivity contribution is 5.29. The van der Waals surface area contributed by atoms with Gasteiger partial charge in [0.25, 0.3) is 0 Å². The van der Waals surface area contributed by atoms with E-state index in [1.165, 1.54) is 0 Å². The Balaban J connectivity index is 3.03. The molecule has 1 aromatic heterocycles. The van der Waals surface area contributed by atoms with Crippen LogP contribution >= 0.6 is 0 Å². The fraction of sp³-hybridized carbons (Fsp3) is 0.667. The average Bonchev–Trinajstić information content (AvgIpc) is 2.24. The molecule has 1 rings (SSSR count). The van der Waals surface area contributed by atoms with E-state index in [4.69, 9.17) is 0 Å². The van der Waals surface area contributed by atoms with E-state index in [1.54, 1.807) is 0 Å². The van der Waals surface area contributed by atoms with Gasteiger partial charge in [0.1, 0.15) is 5.69 Å². The van der Waals surface area contributed by atoms with Crippen molar-refractivity contribution >= 4 is 5.95 Å². The van der Waals surface area contributed by atoms with Crippen LogP contribution < -0.4 is 5.32 Å². The number of nitrogens with zero attached hydrogens (tertiary/aromatic N) is 2. The van der Waals surface area contributed by atoms with Crippen molar-refractivity contribution in [2.24, 2.45) is 5.92 Å². The Kier molecular flexibility index (Phi) is 4.93.